The summed E-state index contributed by atoms with van der Waals surface area (Å²) in [5.41, 5.74) is 0.138. The van der Waals surface area contributed by atoms with E-state index in [0.29, 0.717) is 11.7 Å². The first-order chi connectivity index (χ1) is 9.49. The Morgan fingerprint density at radius 3 is 2.55 bits per heavy atom. The van der Waals surface area contributed by atoms with Crippen molar-refractivity contribution in [2.45, 2.75) is 51.3 Å². The molecule has 0 saturated heterocycles. The Morgan fingerprint density at radius 2 is 1.90 bits per heavy atom. The molecule has 1 aliphatic carbocycles. The summed E-state index contributed by atoms with van der Waals surface area (Å²) < 4.78 is 0. The van der Waals surface area contributed by atoms with Crippen molar-refractivity contribution in [3.05, 3.63) is 30.3 Å². The predicted molar refractivity (Wildman–Crippen MR) is 87.1 cm³/mol. The van der Waals surface area contributed by atoms with E-state index in [1.54, 1.807) is 0 Å². The zero-order valence-corrected chi connectivity index (χ0v) is 13.7. The largest absolute Gasteiger partial charge is 0.299 e. The van der Waals surface area contributed by atoms with Crippen molar-refractivity contribution in [2.24, 2.45) is 17.3 Å². The van der Waals surface area contributed by atoms with Crippen LogP contribution in [0.4, 0.5) is 0 Å². The molecule has 0 bridgehead atoms. The maximum absolute atomic E-state index is 12.3. The lowest BCUT2D eigenvalue weighted by Crippen LogP contribution is -2.35. The molecule has 0 aromatic heterocycles. The molecule has 0 radical (unpaired) electrons. The van der Waals surface area contributed by atoms with Gasteiger partial charge in [-0.3, -0.25) is 4.79 Å². The number of ketones is 1. The lowest BCUT2D eigenvalue weighted by atomic mass is 9.67. The molecule has 1 aliphatic rings. The Morgan fingerprint density at radius 1 is 1.20 bits per heavy atom. The molecule has 2 unspecified atom stereocenters. The average Bonchev–Trinajstić information content (AvgIpc) is 2.39. The van der Waals surface area contributed by atoms with Crippen molar-refractivity contribution in [2.75, 3.05) is 5.75 Å². The van der Waals surface area contributed by atoms with Crippen LogP contribution in [0, 0.1) is 17.3 Å². The minimum absolute atomic E-state index is 0.138. The van der Waals surface area contributed by atoms with E-state index in [2.05, 4.69) is 51.1 Å². The van der Waals surface area contributed by atoms with Gasteiger partial charge in [-0.25, -0.2) is 0 Å². The minimum atomic E-state index is 0.138. The molecular formula is C18H26OS. The smallest absolute Gasteiger partial charge is 0.136 e. The fraction of sp³-hybridized carbons (Fsp3) is 0.611. The summed E-state index contributed by atoms with van der Waals surface area (Å²) in [6, 6.07) is 10.5. The summed E-state index contributed by atoms with van der Waals surface area (Å²) in [4.78, 5) is 13.6. The lowest BCUT2D eigenvalue weighted by molar-refractivity contribution is -0.130. The van der Waals surface area contributed by atoms with E-state index in [4.69, 9.17) is 0 Å². The molecule has 1 saturated carbocycles. The Kier molecular flexibility index (Phi) is 5.31. The van der Waals surface area contributed by atoms with Crippen LogP contribution >= 0.6 is 11.8 Å². The lowest BCUT2D eigenvalue weighted by Gasteiger charge is -2.37. The standard InChI is InChI=1S/C18H26OS/c1-14-9-10-16(17(19)13-14)18(2,3)11-12-20-15-7-5-4-6-8-15/h4-8,14,16H,9-13H2,1-3H3. The van der Waals surface area contributed by atoms with Gasteiger partial charge < -0.3 is 0 Å². The summed E-state index contributed by atoms with van der Waals surface area (Å²) in [6.07, 6.45) is 4.20. The quantitative estimate of drug-likeness (QED) is 0.693. The third-order valence-electron chi connectivity index (χ3n) is 4.59. The normalized spacial score (nSPS) is 23.9. The van der Waals surface area contributed by atoms with Gasteiger partial charge in [-0.1, -0.05) is 39.0 Å². The molecule has 0 spiro atoms. The maximum atomic E-state index is 12.3. The van der Waals surface area contributed by atoms with Crippen LogP contribution in [-0.2, 0) is 4.79 Å². The number of carbonyl (C=O) groups is 1. The van der Waals surface area contributed by atoms with Crippen LogP contribution in [0.3, 0.4) is 0 Å². The number of hydrogen-bond donors (Lipinski definition) is 0. The molecule has 0 heterocycles. The second-order valence-electron chi connectivity index (χ2n) is 6.81. The van der Waals surface area contributed by atoms with Crippen LogP contribution in [0.15, 0.2) is 35.2 Å². The molecule has 1 nitrogen and oxygen atoms in total. The minimum Gasteiger partial charge on any atom is -0.299 e. The Balaban J connectivity index is 1.86. The van der Waals surface area contributed by atoms with Crippen molar-refractivity contribution < 1.29 is 4.79 Å². The molecule has 20 heavy (non-hydrogen) atoms. The number of hydrogen-bond acceptors (Lipinski definition) is 2. The van der Waals surface area contributed by atoms with Crippen molar-refractivity contribution in [3.8, 4) is 0 Å². The van der Waals surface area contributed by atoms with Crippen molar-refractivity contribution in [3.63, 3.8) is 0 Å². The van der Waals surface area contributed by atoms with E-state index in [1.165, 1.54) is 11.3 Å². The fourth-order valence-electron chi connectivity index (χ4n) is 3.15. The van der Waals surface area contributed by atoms with Gasteiger partial charge in [-0.05, 0) is 48.5 Å². The highest BCUT2D eigenvalue weighted by Crippen LogP contribution is 2.41. The highest BCUT2D eigenvalue weighted by Gasteiger charge is 2.37. The molecule has 0 N–H and O–H groups in total. The number of thioether (sulfide) groups is 1. The summed E-state index contributed by atoms with van der Waals surface area (Å²) >= 11 is 1.90. The Bertz CT molecular complexity index is 438. The van der Waals surface area contributed by atoms with Crippen molar-refractivity contribution in [1.29, 1.82) is 0 Å². The van der Waals surface area contributed by atoms with Crippen LogP contribution < -0.4 is 0 Å². The fourth-order valence-corrected chi connectivity index (χ4v) is 4.36. The van der Waals surface area contributed by atoms with Crippen molar-refractivity contribution >= 4 is 17.5 Å². The van der Waals surface area contributed by atoms with Gasteiger partial charge in [0.15, 0.2) is 0 Å². The zero-order valence-electron chi connectivity index (χ0n) is 12.9. The van der Waals surface area contributed by atoms with Gasteiger partial charge in [0.25, 0.3) is 0 Å². The summed E-state index contributed by atoms with van der Waals surface area (Å²) in [5, 5.41) is 0. The summed E-state index contributed by atoms with van der Waals surface area (Å²) in [5.74, 6) is 2.46. The van der Waals surface area contributed by atoms with Gasteiger partial charge in [0, 0.05) is 17.2 Å². The van der Waals surface area contributed by atoms with Gasteiger partial charge in [0.1, 0.15) is 5.78 Å². The molecule has 0 aliphatic heterocycles. The molecule has 110 valence electrons. The number of Topliss-reactive ketones (excluding diaryl/α,β-unsaturated/α-hetero) is 1. The van der Waals surface area contributed by atoms with Gasteiger partial charge in [0.2, 0.25) is 0 Å². The van der Waals surface area contributed by atoms with Gasteiger partial charge in [-0.2, -0.15) is 0 Å². The van der Waals surface area contributed by atoms with Gasteiger partial charge >= 0.3 is 0 Å². The van der Waals surface area contributed by atoms with Crippen LogP contribution in [0.1, 0.15) is 46.5 Å². The van der Waals surface area contributed by atoms with Crippen LogP contribution in [0.5, 0.6) is 0 Å². The summed E-state index contributed by atoms with van der Waals surface area (Å²) in [7, 11) is 0. The zero-order chi connectivity index (χ0) is 14.6. The van der Waals surface area contributed by atoms with E-state index in [9.17, 15) is 4.79 Å². The van der Waals surface area contributed by atoms with Gasteiger partial charge in [-0.15, -0.1) is 11.8 Å². The Hall–Kier alpha value is -0.760. The molecule has 1 fully saturated rings. The molecular weight excluding hydrogens is 264 g/mol. The predicted octanol–water partition coefficient (Wildman–Crippen LogP) is 5.20. The molecule has 1 aromatic rings. The number of benzene rings is 1. The summed E-state index contributed by atoms with van der Waals surface area (Å²) in [6.45, 7) is 6.75. The van der Waals surface area contributed by atoms with E-state index < -0.39 is 0 Å². The Labute approximate surface area is 127 Å². The van der Waals surface area contributed by atoms with Gasteiger partial charge in [0.05, 0.1) is 0 Å². The maximum Gasteiger partial charge on any atom is 0.136 e. The topological polar surface area (TPSA) is 17.1 Å². The molecule has 2 atom stereocenters. The first-order valence-corrected chi connectivity index (χ1v) is 8.68. The van der Waals surface area contributed by atoms with E-state index >= 15 is 0 Å². The second kappa shape index (κ2) is 6.80. The van der Waals surface area contributed by atoms with Crippen molar-refractivity contribution in [1.82, 2.24) is 0 Å². The third-order valence-corrected chi connectivity index (χ3v) is 5.60. The first kappa shape index (κ1) is 15.6. The van der Waals surface area contributed by atoms with E-state index in [0.717, 1.165) is 25.0 Å². The number of rotatable bonds is 5. The molecule has 1 aromatic carbocycles. The molecule has 2 rings (SSSR count). The highest BCUT2D eigenvalue weighted by molar-refractivity contribution is 7.99. The van der Waals surface area contributed by atoms with Crippen LogP contribution in [0.25, 0.3) is 0 Å². The average molecular weight is 290 g/mol. The molecule has 0 amide bonds. The van der Waals surface area contributed by atoms with Crippen LogP contribution in [0.2, 0.25) is 0 Å². The van der Waals surface area contributed by atoms with E-state index in [1.807, 2.05) is 11.8 Å². The molecule has 2 heteroatoms. The second-order valence-corrected chi connectivity index (χ2v) is 7.97. The van der Waals surface area contributed by atoms with E-state index in [-0.39, 0.29) is 11.3 Å². The first-order valence-electron chi connectivity index (χ1n) is 7.69. The number of carbonyl (C=O) groups excluding carboxylic acids is 1. The highest BCUT2D eigenvalue weighted by atomic mass is 32.2. The SMILES string of the molecule is CC1CCC(C(C)(C)CCSc2ccccc2)C(=O)C1. The monoisotopic (exact) mass is 290 g/mol. The third kappa shape index (κ3) is 4.12. The van der Waals surface area contributed by atoms with Crippen LogP contribution in [-0.4, -0.2) is 11.5 Å².